The summed E-state index contributed by atoms with van der Waals surface area (Å²) in [7, 11) is 2.07. The number of likely N-dealkylation sites (N-methyl/N-ethyl adjacent to an activating group) is 1. The SMILES string of the molecule is CC[C@H](Oc1ccccc1Cl)C(=O)N1CCN(C)CC1. The molecular formula is C15H21ClN2O2. The second kappa shape index (κ2) is 6.95. The molecule has 0 aromatic heterocycles. The van der Waals surface area contributed by atoms with Crippen LogP contribution in [0.15, 0.2) is 24.3 Å². The lowest BCUT2D eigenvalue weighted by Crippen LogP contribution is -2.51. The van der Waals surface area contributed by atoms with Crippen molar-refractivity contribution in [3.63, 3.8) is 0 Å². The van der Waals surface area contributed by atoms with Crippen molar-refractivity contribution in [3.05, 3.63) is 29.3 Å². The van der Waals surface area contributed by atoms with Crippen LogP contribution < -0.4 is 4.74 Å². The summed E-state index contributed by atoms with van der Waals surface area (Å²) in [5, 5.41) is 0.539. The molecule has 0 bridgehead atoms. The summed E-state index contributed by atoms with van der Waals surface area (Å²) in [6.45, 7) is 5.30. The first-order valence-electron chi connectivity index (χ1n) is 7.00. The van der Waals surface area contributed by atoms with Gasteiger partial charge >= 0.3 is 0 Å². The van der Waals surface area contributed by atoms with Gasteiger partial charge in [-0.1, -0.05) is 30.7 Å². The monoisotopic (exact) mass is 296 g/mol. The molecule has 1 amide bonds. The van der Waals surface area contributed by atoms with Crippen LogP contribution >= 0.6 is 11.6 Å². The summed E-state index contributed by atoms with van der Waals surface area (Å²) in [6, 6.07) is 7.26. The van der Waals surface area contributed by atoms with Gasteiger partial charge in [-0.15, -0.1) is 0 Å². The van der Waals surface area contributed by atoms with Crippen molar-refractivity contribution in [1.82, 2.24) is 9.80 Å². The molecule has 1 aromatic carbocycles. The number of para-hydroxylation sites is 1. The molecule has 20 heavy (non-hydrogen) atoms. The average Bonchev–Trinajstić information content (AvgIpc) is 2.46. The molecule has 1 heterocycles. The zero-order chi connectivity index (χ0) is 14.5. The summed E-state index contributed by atoms with van der Waals surface area (Å²) in [5.74, 6) is 0.629. The first-order chi connectivity index (χ1) is 9.61. The number of piperazine rings is 1. The third kappa shape index (κ3) is 3.64. The predicted molar refractivity (Wildman–Crippen MR) is 80.2 cm³/mol. The Hall–Kier alpha value is -1.26. The molecule has 0 aliphatic carbocycles. The second-order valence-electron chi connectivity index (χ2n) is 5.07. The van der Waals surface area contributed by atoms with Gasteiger partial charge in [-0.3, -0.25) is 4.79 Å². The van der Waals surface area contributed by atoms with Crippen molar-refractivity contribution in [3.8, 4) is 5.75 Å². The lowest BCUT2D eigenvalue weighted by atomic mass is 10.2. The van der Waals surface area contributed by atoms with Gasteiger partial charge in [-0.05, 0) is 25.6 Å². The second-order valence-corrected chi connectivity index (χ2v) is 5.48. The van der Waals surface area contributed by atoms with E-state index in [9.17, 15) is 4.79 Å². The number of amides is 1. The Kier molecular flexibility index (Phi) is 5.26. The van der Waals surface area contributed by atoms with Crippen LogP contribution in [0.2, 0.25) is 5.02 Å². The third-order valence-corrected chi connectivity index (χ3v) is 3.88. The molecule has 0 radical (unpaired) electrons. The summed E-state index contributed by atoms with van der Waals surface area (Å²) < 4.78 is 5.80. The van der Waals surface area contributed by atoms with Crippen LogP contribution in [-0.4, -0.2) is 55.0 Å². The van der Waals surface area contributed by atoms with Crippen LogP contribution in [-0.2, 0) is 4.79 Å². The van der Waals surface area contributed by atoms with E-state index in [1.165, 1.54) is 0 Å². The first kappa shape index (κ1) is 15.1. The van der Waals surface area contributed by atoms with E-state index in [0.717, 1.165) is 26.2 Å². The molecule has 0 spiro atoms. The third-order valence-electron chi connectivity index (χ3n) is 3.57. The van der Waals surface area contributed by atoms with Crippen molar-refractivity contribution in [2.45, 2.75) is 19.4 Å². The molecule has 2 rings (SSSR count). The molecule has 110 valence electrons. The highest BCUT2D eigenvalue weighted by atomic mass is 35.5. The van der Waals surface area contributed by atoms with E-state index >= 15 is 0 Å². The Morgan fingerprint density at radius 1 is 1.30 bits per heavy atom. The smallest absolute Gasteiger partial charge is 0.263 e. The van der Waals surface area contributed by atoms with E-state index < -0.39 is 6.10 Å². The fraction of sp³-hybridized carbons (Fsp3) is 0.533. The van der Waals surface area contributed by atoms with Gasteiger partial charge < -0.3 is 14.5 Å². The number of rotatable bonds is 4. The fourth-order valence-electron chi connectivity index (χ4n) is 2.23. The molecule has 1 atom stereocenters. The quantitative estimate of drug-likeness (QED) is 0.854. The minimum absolute atomic E-state index is 0.0560. The van der Waals surface area contributed by atoms with Crippen LogP contribution in [0.4, 0.5) is 0 Å². The summed E-state index contributed by atoms with van der Waals surface area (Å²) >= 11 is 6.08. The number of nitrogens with zero attached hydrogens (tertiary/aromatic N) is 2. The maximum Gasteiger partial charge on any atom is 0.263 e. The maximum absolute atomic E-state index is 12.5. The van der Waals surface area contributed by atoms with Gasteiger partial charge in [0.2, 0.25) is 0 Å². The molecule has 1 aliphatic rings. The molecule has 1 fully saturated rings. The van der Waals surface area contributed by atoms with Crippen LogP contribution in [0.5, 0.6) is 5.75 Å². The van der Waals surface area contributed by atoms with Crippen molar-refractivity contribution in [2.75, 3.05) is 33.2 Å². The molecule has 1 saturated heterocycles. The Morgan fingerprint density at radius 2 is 1.95 bits per heavy atom. The van der Waals surface area contributed by atoms with Gasteiger partial charge in [0.1, 0.15) is 5.75 Å². The van der Waals surface area contributed by atoms with E-state index in [1.54, 1.807) is 12.1 Å². The number of halogens is 1. The maximum atomic E-state index is 12.5. The van der Waals surface area contributed by atoms with Gasteiger partial charge in [0.25, 0.3) is 5.91 Å². The Morgan fingerprint density at radius 3 is 2.55 bits per heavy atom. The van der Waals surface area contributed by atoms with Gasteiger partial charge in [0.15, 0.2) is 6.10 Å². The van der Waals surface area contributed by atoms with E-state index in [-0.39, 0.29) is 5.91 Å². The fourth-order valence-corrected chi connectivity index (χ4v) is 2.41. The largest absolute Gasteiger partial charge is 0.479 e. The van der Waals surface area contributed by atoms with E-state index in [2.05, 4.69) is 11.9 Å². The minimum atomic E-state index is -0.460. The normalized spacial score (nSPS) is 17.9. The standard InChI is InChI=1S/C15H21ClN2O2/c1-3-13(20-14-7-5-4-6-12(14)16)15(19)18-10-8-17(2)9-11-18/h4-7,13H,3,8-11H2,1-2H3/t13-/m0/s1. The highest BCUT2D eigenvalue weighted by Crippen LogP contribution is 2.25. The molecule has 0 N–H and O–H groups in total. The van der Waals surface area contributed by atoms with E-state index in [1.807, 2.05) is 24.0 Å². The van der Waals surface area contributed by atoms with Gasteiger partial charge in [-0.2, -0.15) is 0 Å². The molecule has 0 saturated carbocycles. The Bertz CT molecular complexity index is 459. The molecule has 1 aromatic rings. The Balaban J connectivity index is 2.01. The number of hydrogen-bond acceptors (Lipinski definition) is 3. The molecule has 4 nitrogen and oxygen atoms in total. The molecule has 5 heteroatoms. The molecule has 0 unspecified atom stereocenters. The zero-order valence-corrected chi connectivity index (χ0v) is 12.8. The first-order valence-corrected chi connectivity index (χ1v) is 7.38. The zero-order valence-electron chi connectivity index (χ0n) is 12.0. The summed E-state index contributed by atoms with van der Waals surface area (Å²) in [5.41, 5.74) is 0. The van der Waals surface area contributed by atoms with Crippen molar-refractivity contribution in [1.29, 1.82) is 0 Å². The van der Waals surface area contributed by atoms with Crippen molar-refractivity contribution >= 4 is 17.5 Å². The van der Waals surface area contributed by atoms with Crippen LogP contribution in [0.3, 0.4) is 0 Å². The molecule has 1 aliphatic heterocycles. The van der Waals surface area contributed by atoms with Crippen molar-refractivity contribution in [2.24, 2.45) is 0 Å². The van der Waals surface area contributed by atoms with E-state index in [4.69, 9.17) is 16.3 Å². The van der Waals surface area contributed by atoms with Gasteiger partial charge in [0.05, 0.1) is 5.02 Å². The van der Waals surface area contributed by atoms with Crippen LogP contribution in [0.25, 0.3) is 0 Å². The predicted octanol–water partition coefficient (Wildman–Crippen LogP) is 2.27. The summed E-state index contributed by atoms with van der Waals surface area (Å²) in [4.78, 5) is 16.6. The lowest BCUT2D eigenvalue weighted by molar-refractivity contribution is -0.140. The number of benzene rings is 1. The highest BCUT2D eigenvalue weighted by molar-refractivity contribution is 6.32. The van der Waals surface area contributed by atoms with Crippen molar-refractivity contribution < 1.29 is 9.53 Å². The van der Waals surface area contributed by atoms with Crippen LogP contribution in [0, 0.1) is 0 Å². The number of ether oxygens (including phenoxy) is 1. The average molecular weight is 297 g/mol. The minimum Gasteiger partial charge on any atom is -0.479 e. The summed E-state index contributed by atoms with van der Waals surface area (Å²) in [6.07, 6.45) is 0.175. The number of hydrogen-bond donors (Lipinski definition) is 0. The van der Waals surface area contributed by atoms with Crippen LogP contribution in [0.1, 0.15) is 13.3 Å². The highest BCUT2D eigenvalue weighted by Gasteiger charge is 2.27. The Labute approximate surface area is 125 Å². The molecular weight excluding hydrogens is 276 g/mol. The van der Waals surface area contributed by atoms with Gasteiger partial charge in [-0.25, -0.2) is 0 Å². The number of carbonyl (C=O) groups excluding carboxylic acids is 1. The van der Waals surface area contributed by atoms with E-state index in [0.29, 0.717) is 17.2 Å². The van der Waals surface area contributed by atoms with Gasteiger partial charge in [0, 0.05) is 26.2 Å². The number of carbonyl (C=O) groups is 1. The lowest BCUT2D eigenvalue weighted by Gasteiger charge is -2.34. The topological polar surface area (TPSA) is 32.8 Å².